The summed E-state index contributed by atoms with van der Waals surface area (Å²) < 4.78 is 3.11. The standard InChI is InChI=1S/C19H15NO2S/c1-20-11-14(13-7-3-4-8-15(13)20)18(19(21)22)17-10-12-6-2-5-9-16(12)23-17/h2-11,18H,1H3,(H,21,22). The Morgan fingerprint density at radius 3 is 2.65 bits per heavy atom. The number of fused-ring (bicyclic) bond motifs is 2. The van der Waals surface area contributed by atoms with Crippen LogP contribution in [0.15, 0.2) is 60.8 Å². The van der Waals surface area contributed by atoms with Crippen LogP contribution in [0, 0.1) is 0 Å². The van der Waals surface area contributed by atoms with Crippen molar-refractivity contribution < 1.29 is 9.90 Å². The van der Waals surface area contributed by atoms with E-state index in [1.807, 2.05) is 72.4 Å². The fourth-order valence-electron chi connectivity index (χ4n) is 3.16. The van der Waals surface area contributed by atoms with E-state index in [-0.39, 0.29) is 0 Å². The van der Waals surface area contributed by atoms with E-state index in [0.29, 0.717) is 0 Å². The fourth-order valence-corrected chi connectivity index (χ4v) is 4.33. The molecule has 1 atom stereocenters. The largest absolute Gasteiger partial charge is 0.481 e. The number of aromatic nitrogens is 1. The number of benzene rings is 2. The van der Waals surface area contributed by atoms with Crippen LogP contribution in [0.3, 0.4) is 0 Å². The molecule has 4 heteroatoms. The minimum absolute atomic E-state index is 0.640. The van der Waals surface area contributed by atoms with Crippen LogP contribution in [0.2, 0.25) is 0 Å². The molecule has 0 aliphatic carbocycles. The number of rotatable bonds is 3. The average Bonchev–Trinajstić information content (AvgIpc) is 3.10. The number of carbonyl (C=O) groups is 1. The Morgan fingerprint density at radius 1 is 1.13 bits per heavy atom. The van der Waals surface area contributed by atoms with Crippen molar-refractivity contribution in [3.8, 4) is 0 Å². The Labute approximate surface area is 137 Å². The van der Waals surface area contributed by atoms with Crippen LogP contribution in [-0.2, 0) is 11.8 Å². The number of hydrogen-bond acceptors (Lipinski definition) is 2. The molecule has 0 aliphatic heterocycles. The molecule has 23 heavy (non-hydrogen) atoms. The van der Waals surface area contributed by atoms with Crippen LogP contribution in [0.4, 0.5) is 0 Å². The Hall–Kier alpha value is -2.59. The molecule has 0 spiro atoms. The van der Waals surface area contributed by atoms with Crippen molar-refractivity contribution in [3.63, 3.8) is 0 Å². The van der Waals surface area contributed by atoms with Gasteiger partial charge >= 0.3 is 5.97 Å². The van der Waals surface area contributed by atoms with Crippen molar-refractivity contribution in [1.29, 1.82) is 0 Å². The van der Waals surface area contributed by atoms with Gasteiger partial charge in [0.2, 0.25) is 0 Å². The second-order valence-corrected chi connectivity index (χ2v) is 6.79. The van der Waals surface area contributed by atoms with E-state index in [1.165, 1.54) is 0 Å². The minimum atomic E-state index is -0.812. The zero-order valence-corrected chi connectivity index (χ0v) is 13.4. The maximum atomic E-state index is 12.0. The molecule has 2 aromatic carbocycles. The van der Waals surface area contributed by atoms with E-state index in [9.17, 15) is 9.90 Å². The molecule has 2 aromatic heterocycles. The number of carboxylic acids is 1. The number of aryl methyl sites for hydroxylation is 1. The van der Waals surface area contributed by atoms with Crippen molar-refractivity contribution >= 4 is 38.3 Å². The molecule has 114 valence electrons. The van der Waals surface area contributed by atoms with Crippen molar-refractivity contribution in [1.82, 2.24) is 4.57 Å². The molecule has 4 aromatic rings. The van der Waals surface area contributed by atoms with Gasteiger partial charge in [-0.2, -0.15) is 0 Å². The van der Waals surface area contributed by atoms with Gasteiger partial charge in [-0.05, 0) is 29.1 Å². The van der Waals surface area contributed by atoms with E-state index < -0.39 is 11.9 Å². The summed E-state index contributed by atoms with van der Waals surface area (Å²) in [6.07, 6.45) is 1.94. The maximum Gasteiger partial charge on any atom is 0.316 e. The van der Waals surface area contributed by atoms with Crippen molar-refractivity contribution in [2.75, 3.05) is 0 Å². The quantitative estimate of drug-likeness (QED) is 0.599. The second-order valence-electron chi connectivity index (χ2n) is 5.67. The first kappa shape index (κ1) is 14.0. The highest BCUT2D eigenvalue weighted by molar-refractivity contribution is 7.19. The predicted octanol–water partition coefficient (Wildman–Crippen LogP) is 4.61. The number of para-hydroxylation sites is 1. The van der Waals surface area contributed by atoms with Gasteiger partial charge in [0.05, 0.1) is 0 Å². The van der Waals surface area contributed by atoms with Gasteiger partial charge < -0.3 is 9.67 Å². The molecule has 0 aliphatic rings. The highest BCUT2D eigenvalue weighted by Gasteiger charge is 2.27. The summed E-state index contributed by atoms with van der Waals surface area (Å²) in [5.74, 6) is -1.45. The van der Waals surface area contributed by atoms with Gasteiger partial charge in [-0.25, -0.2) is 0 Å². The minimum Gasteiger partial charge on any atom is -0.481 e. The zero-order chi connectivity index (χ0) is 16.0. The highest BCUT2D eigenvalue weighted by Crippen LogP contribution is 2.38. The number of carboxylic acid groups (broad SMARTS) is 1. The Bertz CT molecular complexity index is 995. The third kappa shape index (κ3) is 2.23. The van der Waals surface area contributed by atoms with Gasteiger partial charge in [0.25, 0.3) is 0 Å². The molecule has 0 radical (unpaired) electrons. The third-order valence-corrected chi connectivity index (χ3v) is 5.40. The van der Waals surface area contributed by atoms with Crippen LogP contribution in [0.25, 0.3) is 21.0 Å². The lowest BCUT2D eigenvalue weighted by Crippen LogP contribution is -2.11. The zero-order valence-electron chi connectivity index (χ0n) is 12.6. The van der Waals surface area contributed by atoms with Crippen molar-refractivity contribution in [2.24, 2.45) is 7.05 Å². The molecule has 3 nitrogen and oxygen atoms in total. The summed E-state index contributed by atoms with van der Waals surface area (Å²) in [4.78, 5) is 12.9. The molecule has 0 saturated carbocycles. The molecule has 0 fully saturated rings. The molecule has 0 saturated heterocycles. The van der Waals surface area contributed by atoms with E-state index in [1.54, 1.807) is 11.3 Å². The molecule has 0 amide bonds. The predicted molar refractivity (Wildman–Crippen MR) is 94.2 cm³/mol. The summed E-state index contributed by atoms with van der Waals surface area (Å²) in [6.45, 7) is 0. The Kier molecular flexibility index (Phi) is 3.20. The van der Waals surface area contributed by atoms with Gasteiger partial charge in [0.1, 0.15) is 5.92 Å². The molecule has 2 heterocycles. The normalized spacial score (nSPS) is 12.7. The van der Waals surface area contributed by atoms with Gasteiger partial charge in [-0.3, -0.25) is 4.79 Å². The number of hydrogen-bond donors (Lipinski definition) is 1. The molecule has 1 unspecified atom stereocenters. The van der Waals surface area contributed by atoms with E-state index >= 15 is 0 Å². The lowest BCUT2D eigenvalue weighted by atomic mass is 9.96. The SMILES string of the molecule is Cn1cc(C(C(=O)O)c2cc3ccccc3s2)c2ccccc21. The van der Waals surface area contributed by atoms with Crippen LogP contribution < -0.4 is 0 Å². The van der Waals surface area contributed by atoms with Crippen molar-refractivity contribution in [2.45, 2.75) is 5.92 Å². The third-order valence-electron chi connectivity index (χ3n) is 4.21. The van der Waals surface area contributed by atoms with Crippen LogP contribution in [0.5, 0.6) is 0 Å². The Balaban J connectivity index is 1.95. The summed E-state index contributed by atoms with van der Waals surface area (Å²) in [5, 5.41) is 12.0. The van der Waals surface area contributed by atoms with E-state index in [2.05, 4.69) is 0 Å². The molecule has 1 N–H and O–H groups in total. The lowest BCUT2D eigenvalue weighted by Gasteiger charge is -2.09. The average molecular weight is 321 g/mol. The van der Waals surface area contributed by atoms with Gasteiger partial charge in [-0.1, -0.05) is 36.4 Å². The lowest BCUT2D eigenvalue weighted by molar-refractivity contribution is -0.137. The van der Waals surface area contributed by atoms with E-state index in [4.69, 9.17) is 0 Å². The highest BCUT2D eigenvalue weighted by atomic mass is 32.1. The number of nitrogens with zero attached hydrogens (tertiary/aromatic N) is 1. The van der Waals surface area contributed by atoms with Crippen LogP contribution >= 0.6 is 11.3 Å². The summed E-state index contributed by atoms with van der Waals surface area (Å²) in [6, 6.07) is 18.0. The first-order chi connectivity index (χ1) is 11.1. The summed E-state index contributed by atoms with van der Waals surface area (Å²) >= 11 is 1.56. The van der Waals surface area contributed by atoms with Gasteiger partial charge in [0.15, 0.2) is 0 Å². The van der Waals surface area contributed by atoms with Crippen LogP contribution in [0.1, 0.15) is 16.4 Å². The van der Waals surface area contributed by atoms with Gasteiger partial charge in [-0.15, -0.1) is 11.3 Å². The Morgan fingerprint density at radius 2 is 1.87 bits per heavy atom. The molecular formula is C19H15NO2S. The summed E-state index contributed by atoms with van der Waals surface area (Å²) in [5.41, 5.74) is 1.90. The second kappa shape index (κ2) is 5.25. The maximum absolute atomic E-state index is 12.0. The first-order valence-corrected chi connectivity index (χ1v) is 8.22. The number of thiophene rings is 1. The van der Waals surface area contributed by atoms with Crippen LogP contribution in [-0.4, -0.2) is 15.6 Å². The van der Waals surface area contributed by atoms with Crippen molar-refractivity contribution in [3.05, 3.63) is 71.2 Å². The molecule has 4 rings (SSSR count). The fraction of sp³-hybridized carbons (Fsp3) is 0.105. The molecular weight excluding hydrogens is 306 g/mol. The molecule has 0 bridgehead atoms. The smallest absolute Gasteiger partial charge is 0.316 e. The van der Waals surface area contributed by atoms with Gasteiger partial charge in [0, 0.05) is 33.7 Å². The topological polar surface area (TPSA) is 42.2 Å². The number of aliphatic carboxylic acids is 1. The monoisotopic (exact) mass is 321 g/mol. The summed E-state index contributed by atoms with van der Waals surface area (Å²) in [7, 11) is 1.95. The first-order valence-electron chi connectivity index (χ1n) is 7.40. The van der Waals surface area contributed by atoms with E-state index in [0.717, 1.165) is 31.4 Å².